The molecule has 0 fully saturated rings. The Morgan fingerprint density at radius 2 is 1.74 bits per heavy atom. The van der Waals surface area contributed by atoms with Gasteiger partial charge in [0, 0.05) is 17.6 Å². The summed E-state index contributed by atoms with van der Waals surface area (Å²) >= 11 is 3.37. The quantitative estimate of drug-likeness (QED) is 0.688. The van der Waals surface area contributed by atoms with Crippen LogP contribution in [0.25, 0.3) is 0 Å². The maximum atomic E-state index is 12.9. The molecule has 7 nitrogen and oxygen atoms in total. The van der Waals surface area contributed by atoms with Crippen molar-refractivity contribution in [2.75, 3.05) is 36.6 Å². The van der Waals surface area contributed by atoms with E-state index in [1.54, 1.807) is 18.2 Å². The third kappa shape index (κ3) is 4.54. The van der Waals surface area contributed by atoms with Crippen molar-refractivity contribution in [3.63, 3.8) is 0 Å². The lowest BCUT2D eigenvalue weighted by molar-refractivity contribution is 0.102. The topological polar surface area (TPSA) is 84.9 Å². The SMILES string of the molecule is CCS(=O)(=O)N(C)c1cc(OC)c(OC)cc1C(=O)Nc1ccccc1Br. The van der Waals surface area contributed by atoms with Crippen molar-refractivity contribution in [2.24, 2.45) is 0 Å². The van der Waals surface area contributed by atoms with E-state index in [-0.39, 0.29) is 17.0 Å². The first-order valence-corrected chi connectivity index (χ1v) is 10.4. The van der Waals surface area contributed by atoms with E-state index in [0.717, 1.165) is 4.31 Å². The minimum Gasteiger partial charge on any atom is -0.493 e. The molecule has 0 saturated heterocycles. The average Bonchev–Trinajstić information content (AvgIpc) is 2.67. The Hall–Kier alpha value is -2.26. The number of para-hydroxylation sites is 1. The van der Waals surface area contributed by atoms with Crippen molar-refractivity contribution in [1.82, 2.24) is 0 Å². The van der Waals surface area contributed by atoms with Crippen molar-refractivity contribution in [3.8, 4) is 11.5 Å². The van der Waals surface area contributed by atoms with E-state index in [1.807, 2.05) is 6.07 Å². The molecule has 0 spiro atoms. The summed E-state index contributed by atoms with van der Waals surface area (Å²) in [5.41, 5.74) is 0.895. The molecule has 0 bridgehead atoms. The van der Waals surface area contributed by atoms with Crippen LogP contribution in [0.3, 0.4) is 0 Å². The summed E-state index contributed by atoms with van der Waals surface area (Å²) in [6.45, 7) is 1.54. The second-order valence-corrected chi connectivity index (χ2v) is 8.67. The van der Waals surface area contributed by atoms with Crippen molar-refractivity contribution >= 4 is 43.2 Å². The summed E-state index contributed by atoms with van der Waals surface area (Å²) in [7, 11) is 0.698. The van der Waals surface area contributed by atoms with Crippen LogP contribution in [-0.2, 0) is 10.0 Å². The van der Waals surface area contributed by atoms with Crippen molar-refractivity contribution in [3.05, 3.63) is 46.4 Å². The maximum Gasteiger partial charge on any atom is 0.257 e. The highest BCUT2D eigenvalue weighted by Crippen LogP contribution is 2.36. The minimum absolute atomic E-state index is 0.108. The number of rotatable bonds is 7. The molecule has 2 rings (SSSR count). The number of nitrogens with one attached hydrogen (secondary N) is 1. The smallest absolute Gasteiger partial charge is 0.257 e. The van der Waals surface area contributed by atoms with Crippen LogP contribution < -0.4 is 19.1 Å². The number of hydrogen-bond acceptors (Lipinski definition) is 5. The van der Waals surface area contributed by atoms with Crippen LogP contribution in [0.15, 0.2) is 40.9 Å². The molecule has 0 aliphatic rings. The molecule has 1 N–H and O–H groups in total. The Balaban J connectivity index is 2.58. The van der Waals surface area contributed by atoms with Crippen LogP contribution in [0, 0.1) is 0 Å². The number of nitrogens with zero attached hydrogens (tertiary/aromatic N) is 1. The molecule has 0 aromatic heterocycles. The van der Waals surface area contributed by atoms with Gasteiger partial charge in [-0.25, -0.2) is 8.42 Å². The van der Waals surface area contributed by atoms with Gasteiger partial charge in [-0.3, -0.25) is 9.10 Å². The third-order valence-corrected chi connectivity index (χ3v) is 6.44. The van der Waals surface area contributed by atoms with E-state index in [0.29, 0.717) is 21.7 Å². The van der Waals surface area contributed by atoms with Gasteiger partial charge in [-0.1, -0.05) is 12.1 Å². The zero-order valence-electron chi connectivity index (χ0n) is 15.4. The second kappa shape index (κ2) is 8.62. The number of ether oxygens (including phenoxy) is 2. The predicted molar refractivity (Wildman–Crippen MR) is 110 cm³/mol. The Kier molecular flexibility index (Phi) is 6.72. The molecule has 1 amide bonds. The second-order valence-electron chi connectivity index (χ2n) is 5.53. The Morgan fingerprint density at radius 1 is 1.15 bits per heavy atom. The van der Waals surface area contributed by atoms with Gasteiger partial charge in [-0.05, 0) is 41.1 Å². The van der Waals surface area contributed by atoms with Gasteiger partial charge in [0.1, 0.15) is 0 Å². The number of hydrogen-bond donors (Lipinski definition) is 1. The number of amides is 1. The van der Waals surface area contributed by atoms with Crippen molar-refractivity contribution < 1.29 is 22.7 Å². The average molecular weight is 457 g/mol. The van der Waals surface area contributed by atoms with E-state index in [9.17, 15) is 13.2 Å². The molecule has 0 aliphatic carbocycles. The molecular formula is C18H21BrN2O5S. The number of anilines is 2. The molecule has 0 radical (unpaired) electrons. The Labute approximate surface area is 167 Å². The molecule has 2 aromatic carbocycles. The van der Waals surface area contributed by atoms with E-state index in [2.05, 4.69) is 21.2 Å². The highest BCUT2D eigenvalue weighted by molar-refractivity contribution is 9.10. The molecule has 0 atom stereocenters. The zero-order chi connectivity index (χ0) is 20.2. The van der Waals surface area contributed by atoms with Crippen LogP contribution in [-0.4, -0.2) is 41.3 Å². The van der Waals surface area contributed by atoms with Gasteiger partial charge in [0.05, 0.1) is 36.9 Å². The molecule has 2 aromatic rings. The number of sulfonamides is 1. The summed E-state index contributed by atoms with van der Waals surface area (Å²) in [6.07, 6.45) is 0. The third-order valence-electron chi connectivity index (χ3n) is 3.99. The van der Waals surface area contributed by atoms with E-state index >= 15 is 0 Å². The lowest BCUT2D eigenvalue weighted by atomic mass is 10.1. The lowest BCUT2D eigenvalue weighted by Crippen LogP contribution is -2.30. The largest absolute Gasteiger partial charge is 0.493 e. The van der Waals surface area contributed by atoms with Crippen molar-refractivity contribution in [2.45, 2.75) is 6.92 Å². The standard InChI is InChI=1S/C18H21BrN2O5S/c1-5-27(23,24)21(2)15-11-17(26-4)16(25-3)10-12(15)18(22)20-14-9-7-6-8-13(14)19/h6-11H,5H2,1-4H3,(H,20,22). The summed E-state index contributed by atoms with van der Waals surface area (Å²) in [5.74, 6) is 0.0586. The van der Waals surface area contributed by atoms with Gasteiger partial charge < -0.3 is 14.8 Å². The van der Waals surface area contributed by atoms with Gasteiger partial charge in [-0.15, -0.1) is 0 Å². The number of halogens is 1. The summed E-state index contributed by atoms with van der Waals surface area (Å²) in [6, 6.07) is 10.1. The monoisotopic (exact) mass is 456 g/mol. The lowest BCUT2D eigenvalue weighted by Gasteiger charge is -2.23. The molecule has 0 saturated carbocycles. The van der Waals surface area contributed by atoms with Crippen LogP contribution in [0.5, 0.6) is 11.5 Å². The summed E-state index contributed by atoms with van der Waals surface area (Å²) < 4.78 is 37.0. The maximum absolute atomic E-state index is 12.9. The summed E-state index contributed by atoms with van der Waals surface area (Å²) in [4.78, 5) is 12.9. The van der Waals surface area contributed by atoms with Gasteiger partial charge >= 0.3 is 0 Å². The normalized spacial score (nSPS) is 11.0. The van der Waals surface area contributed by atoms with Gasteiger partial charge in [0.2, 0.25) is 10.0 Å². The van der Waals surface area contributed by atoms with Crippen molar-refractivity contribution in [1.29, 1.82) is 0 Å². The molecule has 0 heterocycles. The zero-order valence-corrected chi connectivity index (χ0v) is 17.8. The van der Waals surface area contributed by atoms with Crippen LogP contribution in [0.4, 0.5) is 11.4 Å². The van der Waals surface area contributed by atoms with Crippen LogP contribution in [0.2, 0.25) is 0 Å². The Morgan fingerprint density at radius 3 is 2.30 bits per heavy atom. The minimum atomic E-state index is -3.59. The summed E-state index contributed by atoms with van der Waals surface area (Å²) in [5, 5.41) is 2.78. The number of carbonyl (C=O) groups is 1. The van der Waals surface area contributed by atoms with E-state index < -0.39 is 15.9 Å². The fourth-order valence-corrected chi connectivity index (χ4v) is 3.63. The fraction of sp³-hybridized carbons (Fsp3) is 0.278. The fourth-order valence-electron chi connectivity index (χ4n) is 2.41. The highest BCUT2D eigenvalue weighted by atomic mass is 79.9. The van der Waals surface area contributed by atoms with Gasteiger partial charge in [-0.2, -0.15) is 0 Å². The van der Waals surface area contributed by atoms with Gasteiger partial charge in [0.15, 0.2) is 11.5 Å². The van der Waals surface area contributed by atoms with E-state index in [1.165, 1.54) is 40.3 Å². The van der Waals surface area contributed by atoms with Crippen LogP contribution in [0.1, 0.15) is 17.3 Å². The first-order valence-electron chi connectivity index (χ1n) is 8.03. The molecule has 27 heavy (non-hydrogen) atoms. The van der Waals surface area contributed by atoms with Crippen LogP contribution >= 0.6 is 15.9 Å². The number of carbonyl (C=O) groups excluding carboxylic acids is 1. The number of benzene rings is 2. The van der Waals surface area contributed by atoms with E-state index in [4.69, 9.17) is 9.47 Å². The molecule has 0 aliphatic heterocycles. The number of methoxy groups -OCH3 is 2. The Bertz CT molecular complexity index is 947. The molecule has 9 heteroatoms. The molecule has 146 valence electrons. The van der Waals surface area contributed by atoms with Gasteiger partial charge in [0.25, 0.3) is 5.91 Å². The predicted octanol–water partition coefficient (Wildman–Crippen LogP) is 3.50. The molecule has 0 unspecified atom stereocenters. The molecular weight excluding hydrogens is 436 g/mol. The first-order chi connectivity index (χ1) is 12.7. The highest BCUT2D eigenvalue weighted by Gasteiger charge is 2.25. The first kappa shape index (κ1) is 21.0.